The highest BCUT2D eigenvalue weighted by Crippen LogP contribution is 2.19. The summed E-state index contributed by atoms with van der Waals surface area (Å²) in [5, 5.41) is 5.83. The predicted octanol–water partition coefficient (Wildman–Crippen LogP) is 4.37. The van der Waals surface area contributed by atoms with Crippen molar-refractivity contribution in [3.8, 4) is 5.75 Å². The third kappa shape index (κ3) is 5.45. The summed E-state index contributed by atoms with van der Waals surface area (Å²) < 4.78 is 5.13. The number of benzene rings is 3. The van der Waals surface area contributed by atoms with E-state index >= 15 is 0 Å². The molecule has 0 spiro atoms. The Morgan fingerprint density at radius 2 is 1.55 bits per heavy atom. The first-order valence-electron chi connectivity index (χ1n) is 9.44. The van der Waals surface area contributed by atoms with Crippen LogP contribution in [0.25, 0.3) is 0 Å². The number of ether oxygens (including phenoxy) is 1. The van der Waals surface area contributed by atoms with Gasteiger partial charge in [0.1, 0.15) is 5.75 Å². The van der Waals surface area contributed by atoms with Crippen molar-refractivity contribution in [2.75, 3.05) is 12.4 Å². The normalized spacial score (nSPS) is 11.4. The zero-order chi connectivity index (χ0) is 20.6. The SMILES string of the molecule is COc1ccc(CC(=O)Nc2ccccc2C(=O)N[C@H](C)c2ccccc2)cc1. The van der Waals surface area contributed by atoms with Crippen molar-refractivity contribution in [1.29, 1.82) is 0 Å². The number of amides is 2. The average Bonchev–Trinajstić information content (AvgIpc) is 2.75. The van der Waals surface area contributed by atoms with Crippen LogP contribution >= 0.6 is 0 Å². The van der Waals surface area contributed by atoms with Gasteiger partial charge in [0.2, 0.25) is 5.91 Å². The molecule has 5 heteroatoms. The van der Waals surface area contributed by atoms with Crippen LogP contribution in [0.2, 0.25) is 0 Å². The van der Waals surface area contributed by atoms with Gasteiger partial charge in [-0.2, -0.15) is 0 Å². The second-order valence-corrected chi connectivity index (χ2v) is 6.72. The first-order chi connectivity index (χ1) is 14.1. The fraction of sp³-hybridized carbons (Fsp3) is 0.167. The Hall–Kier alpha value is -3.60. The molecule has 29 heavy (non-hydrogen) atoms. The Morgan fingerprint density at radius 3 is 2.24 bits per heavy atom. The molecule has 0 saturated carbocycles. The summed E-state index contributed by atoms with van der Waals surface area (Å²) in [4.78, 5) is 25.3. The van der Waals surface area contributed by atoms with Gasteiger partial charge in [0, 0.05) is 0 Å². The van der Waals surface area contributed by atoms with Crippen molar-refractivity contribution in [3.05, 3.63) is 95.6 Å². The third-order valence-corrected chi connectivity index (χ3v) is 4.62. The summed E-state index contributed by atoms with van der Waals surface area (Å²) in [7, 11) is 1.60. The van der Waals surface area contributed by atoms with E-state index in [1.165, 1.54) is 0 Å². The van der Waals surface area contributed by atoms with Gasteiger partial charge >= 0.3 is 0 Å². The standard InChI is InChI=1S/C24H24N2O3/c1-17(19-8-4-3-5-9-19)25-24(28)21-10-6-7-11-22(21)26-23(27)16-18-12-14-20(29-2)15-13-18/h3-15,17H,16H2,1-2H3,(H,25,28)(H,26,27)/t17-/m1/s1. The number of hydrogen-bond acceptors (Lipinski definition) is 3. The fourth-order valence-electron chi connectivity index (χ4n) is 3.01. The van der Waals surface area contributed by atoms with E-state index in [1.54, 1.807) is 31.4 Å². The van der Waals surface area contributed by atoms with Crippen LogP contribution in [0.4, 0.5) is 5.69 Å². The van der Waals surface area contributed by atoms with Gasteiger partial charge in [-0.1, -0.05) is 54.6 Å². The Kier molecular flexibility index (Phi) is 6.63. The van der Waals surface area contributed by atoms with Gasteiger partial charge in [-0.15, -0.1) is 0 Å². The van der Waals surface area contributed by atoms with Crippen LogP contribution in [0, 0.1) is 0 Å². The number of methoxy groups -OCH3 is 1. The molecule has 3 rings (SSSR count). The maximum absolute atomic E-state index is 12.8. The molecule has 0 saturated heterocycles. The molecule has 148 valence electrons. The van der Waals surface area contributed by atoms with Gasteiger partial charge in [0.25, 0.3) is 5.91 Å². The van der Waals surface area contributed by atoms with E-state index in [4.69, 9.17) is 4.74 Å². The van der Waals surface area contributed by atoms with Crippen molar-refractivity contribution < 1.29 is 14.3 Å². The van der Waals surface area contributed by atoms with Crippen molar-refractivity contribution >= 4 is 17.5 Å². The Labute approximate surface area is 170 Å². The molecule has 0 unspecified atom stereocenters. The summed E-state index contributed by atoms with van der Waals surface area (Å²) >= 11 is 0. The molecule has 0 bridgehead atoms. The lowest BCUT2D eigenvalue weighted by Crippen LogP contribution is -2.28. The molecule has 0 heterocycles. The molecular formula is C24H24N2O3. The number of para-hydroxylation sites is 1. The molecule has 3 aromatic rings. The van der Waals surface area contributed by atoms with E-state index in [-0.39, 0.29) is 24.3 Å². The molecule has 0 aromatic heterocycles. The Balaban J connectivity index is 1.67. The van der Waals surface area contributed by atoms with Crippen LogP contribution in [0.1, 0.15) is 34.5 Å². The van der Waals surface area contributed by atoms with Crippen molar-refractivity contribution in [3.63, 3.8) is 0 Å². The van der Waals surface area contributed by atoms with Crippen LogP contribution < -0.4 is 15.4 Å². The van der Waals surface area contributed by atoms with E-state index in [0.29, 0.717) is 11.3 Å². The smallest absolute Gasteiger partial charge is 0.253 e. The lowest BCUT2D eigenvalue weighted by atomic mass is 10.1. The fourth-order valence-corrected chi connectivity index (χ4v) is 3.01. The first-order valence-corrected chi connectivity index (χ1v) is 9.44. The minimum Gasteiger partial charge on any atom is -0.497 e. The second-order valence-electron chi connectivity index (χ2n) is 6.72. The molecule has 2 N–H and O–H groups in total. The Morgan fingerprint density at radius 1 is 0.897 bits per heavy atom. The summed E-state index contributed by atoms with van der Waals surface area (Å²) in [6, 6.07) is 23.9. The van der Waals surface area contributed by atoms with Gasteiger partial charge in [-0.25, -0.2) is 0 Å². The number of hydrogen-bond donors (Lipinski definition) is 2. The molecule has 0 fully saturated rings. The zero-order valence-electron chi connectivity index (χ0n) is 16.5. The van der Waals surface area contributed by atoms with E-state index in [2.05, 4.69) is 10.6 Å². The number of anilines is 1. The van der Waals surface area contributed by atoms with Gasteiger partial charge < -0.3 is 15.4 Å². The van der Waals surface area contributed by atoms with Crippen molar-refractivity contribution in [2.24, 2.45) is 0 Å². The predicted molar refractivity (Wildman–Crippen MR) is 114 cm³/mol. The first kappa shape index (κ1) is 20.1. The number of carbonyl (C=O) groups is 2. The molecule has 1 atom stereocenters. The second kappa shape index (κ2) is 9.55. The van der Waals surface area contributed by atoms with Crippen LogP contribution in [0.15, 0.2) is 78.9 Å². The van der Waals surface area contributed by atoms with Crippen LogP contribution in [0.3, 0.4) is 0 Å². The largest absolute Gasteiger partial charge is 0.497 e. The molecule has 0 aliphatic carbocycles. The van der Waals surface area contributed by atoms with E-state index in [1.807, 2.05) is 61.5 Å². The lowest BCUT2D eigenvalue weighted by Gasteiger charge is -2.16. The van der Waals surface area contributed by atoms with Gasteiger partial charge in [0.15, 0.2) is 0 Å². The minimum atomic E-state index is -0.235. The lowest BCUT2D eigenvalue weighted by molar-refractivity contribution is -0.115. The van der Waals surface area contributed by atoms with Crippen LogP contribution in [0.5, 0.6) is 5.75 Å². The van der Waals surface area contributed by atoms with Crippen molar-refractivity contribution in [1.82, 2.24) is 5.32 Å². The molecular weight excluding hydrogens is 364 g/mol. The van der Waals surface area contributed by atoms with Gasteiger partial charge in [-0.3, -0.25) is 9.59 Å². The number of carbonyl (C=O) groups excluding carboxylic acids is 2. The highest BCUT2D eigenvalue weighted by molar-refractivity contribution is 6.04. The molecule has 2 amide bonds. The monoisotopic (exact) mass is 388 g/mol. The van der Waals surface area contributed by atoms with Crippen LogP contribution in [-0.4, -0.2) is 18.9 Å². The van der Waals surface area contributed by atoms with E-state index < -0.39 is 0 Å². The summed E-state index contributed by atoms with van der Waals surface area (Å²) in [5.41, 5.74) is 2.80. The van der Waals surface area contributed by atoms with E-state index in [9.17, 15) is 9.59 Å². The van der Waals surface area contributed by atoms with Crippen molar-refractivity contribution in [2.45, 2.75) is 19.4 Å². The molecule has 0 aliphatic heterocycles. The van der Waals surface area contributed by atoms with Gasteiger partial charge in [0.05, 0.1) is 30.8 Å². The molecule has 0 radical (unpaired) electrons. The highest BCUT2D eigenvalue weighted by Gasteiger charge is 2.16. The van der Waals surface area contributed by atoms with Crippen LogP contribution in [-0.2, 0) is 11.2 Å². The molecule has 3 aromatic carbocycles. The summed E-state index contributed by atoms with van der Waals surface area (Å²) in [6.45, 7) is 1.93. The number of rotatable bonds is 7. The zero-order valence-corrected chi connectivity index (χ0v) is 16.5. The highest BCUT2D eigenvalue weighted by atomic mass is 16.5. The maximum atomic E-state index is 12.8. The van der Waals surface area contributed by atoms with E-state index in [0.717, 1.165) is 16.9 Å². The average molecular weight is 388 g/mol. The maximum Gasteiger partial charge on any atom is 0.253 e. The number of nitrogens with one attached hydrogen (secondary N) is 2. The third-order valence-electron chi connectivity index (χ3n) is 4.62. The summed E-state index contributed by atoms with van der Waals surface area (Å²) in [5.74, 6) is 0.317. The Bertz CT molecular complexity index is 969. The van der Waals surface area contributed by atoms with Gasteiger partial charge in [-0.05, 0) is 42.3 Å². The topological polar surface area (TPSA) is 67.4 Å². The quantitative estimate of drug-likeness (QED) is 0.632. The molecule has 0 aliphatic rings. The minimum absolute atomic E-state index is 0.147. The molecule has 5 nitrogen and oxygen atoms in total. The summed E-state index contributed by atoms with van der Waals surface area (Å²) in [6.07, 6.45) is 0.209.